The number of hydrogen-bond acceptors (Lipinski definition) is 2. The highest BCUT2D eigenvalue weighted by Crippen LogP contribution is 2.57. The lowest BCUT2D eigenvalue weighted by Gasteiger charge is -2.36. The molecule has 0 saturated heterocycles. The van der Waals surface area contributed by atoms with Crippen molar-refractivity contribution in [3.63, 3.8) is 0 Å². The zero-order valence-electron chi connectivity index (χ0n) is 12.4. The zero-order valence-corrected chi connectivity index (χ0v) is 14.0. The van der Waals surface area contributed by atoms with E-state index in [0.717, 1.165) is 0 Å². The minimum Gasteiger partial charge on any atom is -0.465 e. The Morgan fingerprint density at radius 3 is 1.83 bits per heavy atom. The third kappa shape index (κ3) is 3.45. The van der Waals surface area contributed by atoms with E-state index in [1.54, 1.807) is 0 Å². The lowest BCUT2D eigenvalue weighted by molar-refractivity contribution is 0.0600. The average Bonchev–Trinajstić information content (AvgIpc) is 2.24. The molecule has 0 aliphatic carbocycles. The Morgan fingerprint density at radius 1 is 0.944 bits per heavy atom. The second-order valence-corrected chi connectivity index (χ2v) is 14.1. The molecule has 0 bridgehead atoms. The van der Waals surface area contributed by atoms with Crippen LogP contribution in [0.25, 0.3) is 0 Å². The first kappa shape index (κ1) is 15.4. The van der Waals surface area contributed by atoms with E-state index < -0.39 is 20.1 Å². The minimum atomic E-state index is -0.868. The van der Waals surface area contributed by atoms with Crippen LogP contribution >= 0.6 is 20.1 Å². The summed E-state index contributed by atoms with van der Waals surface area (Å²) in [6.45, 7) is 0. The van der Waals surface area contributed by atoms with Gasteiger partial charge in [0.05, 0.1) is 12.7 Å². The van der Waals surface area contributed by atoms with Gasteiger partial charge in [-0.2, -0.15) is 0 Å². The lowest BCUT2D eigenvalue weighted by atomic mass is 10.2. The topological polar surface area (TPSA) is 26.3 Å². The van der Waals surface area contributed by atoms with Gasteiger partial charge in [-0.3, -0.25) is 0 Å². The first-order valence-electron chi connectivity index (χ1n) is 5.66. The fraction of sp³-hybridized carbons (Fsp3) is 0.500. The van der Waals surface area contributed by atoms with Gasteiger partial charge in [-0.05, 0) is 55.7 Å². The quantitative estimate of drug-likeness (QED) is 0.795. The summed E-state index contributed by atoms with van der Waals surface area (Å²) in [5.74, 6) is -0.254. The first-order chi connectivity index (χ1) is 8.07. The van der Waals surface area contributed by atoms with Crippen molar-refractivity contribution in [3.05, 3.63) is 23.8 Å². The van der Waals surface area contributed by atoms with Gasteiger partial charge in [0.2, 0.25) is 0 Å². The second-order valence-electron chi connectivity index (χ2n) is 5.83. The van der Waals surface area contributed by atoms with Crippen LogP contribution in [0.15, 0.2) is 28.0 Å². The molecular weight excluding hydrogens is 264 g/mol. The van der Waals surface area contributed by atoms with Crippen LogP contribution in [0.5, 0.6) is 0 Å². The molecule has 0 radical (unpaired) electrons. The number of ether oxygens (including phenoxy) is 1. The highest BCUT2D eigenvalue weighted by molar-refractivity contribution is 8.34. The maximum atomic E-state index is 11.6. The van der Waals surface area contributed by atoms with Crippen LogP contribution in [0.1, 0.15) is 10.4 Å². The summed E-state index contributed by atoms with van der Waals surface area (Å²) in [6, 6.07) is 6.01. The third-order valence-electron chi connectivity index (χ3n) is 2.68. The van der Waals surface area contributed by atoms with Gasteiger partial charge in [-0.25, -0.2) is 24.9 Å². The van der Waals surface area contributed by atoms with Crippen LogP contribution in [0.4, 0.5) is 0 Å². The van der Waals surface area contributed by atoms with E-state index in [9.17, 15) is 4.79 Å². The van der Waals surface area contributed by atoms with Crippen LogP contribution < -0.4 is 0 Å². The van der Waals surface area contributed by atoms with E-state index in [1.165, 1.54) is 16.9 Å². The molecule has 18 heavy (non-hydrogen) atoms. The molecule has 0 atom stereocenters. The summed E-state index contributed by atoms with van der Waals surface area (Å²) < 4.78 is 4.81. The fourth-order valence-corrected chi connectivity index (χ4v) is 5.53. The summed E-state index contributed by atoms with van der Waals surface area (Å²) in [4.78, 5) is 14.4. The molecule has 0 heterocycles. The standard InChI is InChI=1S/C14H24O2S2/c1-16-14(15)11-8-9-12(17(2,3)4)13(10-11)18(5,6)7/h8-10H,1-7H3. The average molecular weight is 288 g/mol. The Labute approximate surface area is 114 Å². The van der Waals surface area contributed by atoms with Crippen LogP contribution in [-0.2, 0) is 4.74 Å². The molecule has 4 heteroatoms. The summed E-state index contributed by atoms with van der Waals surface area (Å²) in [6.07, 6.45) is 13.6. The first-order valence-corrected chi connectivity index (χ1v) is 11.4. The van der Waals surface area contributed by atoms with E-state index >= 15 is 0 Å². The number of hydrogen-bond donors (Lipinski definition) is 0. The molecule has 0 fully saturated rings. The molecule has 0 spiro atoms. The normalized spacial score (nSPS) is 14.2. The summed E-state index contributed by atoms with van der Waals surface area (Å²) in [7, 11) is -0.239. The van der Waals surface area contributed by atoms with Gasteiger partial charge in [0.1, 0.15) is 0 Å². The smallest absolute Gasteiger partial charge is 0.337 e. The molecule has 0 saturated carbocycles. The molecule has 0 unspecified atom stereocenters. The van der Waals surface area contributed by atoms with Gasteiger partial charge >= 0.3 is 5.97 Å². The molecule has 0 aromatic heterocycles. The number of carbonyl (C=O) groups is 1. The molecule has 2 nitrogen and oxygen atoms in total. The highest BCUT2D eigenvalue weighted by atomic mass is 32.3. The van der Waals surface area contributed by atoms with Crippen molar-refractivity contribution >= 4 is 26.0 Å². The fourth-order valence-electron chi connectivity index (χ4n) is 1.74. The van der Waals surface area contributed by atoms with Crippen LogP contribution in [-0.4, -0.2) is 50.6 Å². The molecule has 104 valence electrons. The van der Waals surface area contributed by atoms with Crippen molar-refractivity contribution in [2.45, 2.75) is 9.79 Å². The number of benzene rings is 1. The monoisotopic (exact) mass is 288 g/mol. The lowest BCUT2D eigenvalue weighted by Crippen LogP contribution is -2.07. The minimum absolute atomic E-state index is 0.254. The zero-order chi connectivity index (χ0) is 14.1. The molecule has 0 amide bonds. The number of rotatable bonds is 3. The van der Waals surface area contributed by atoms with Crippen molar-refractivity contribution in [2.75, 3.05) is 44.6 Å². The van der Waals surface area contributed by atoms with Gasteiger partial charge in [0.25, 0.3) is 0 Å². The highest BCUT2D eigenvalue weighted by Gasteiger charge is 2.21. The molecule has 1 rings (SSSR count). The molecule has 0 aliphatic heterocycles. The Balaban J connectivity index is 3.45. The number of carbonyl (C=O) groups excluding carboxylic acids is 1. The number of esters is 1. The van der Waals surface area contributed by atoms with Crippen molar-refractivity contribution in [3.8, 4) is 0 Å². The summed E-state index contributed by atoms with van der Waals surface area (Å²) >= 11 is 0. The maximum Gasteiger partial charge on any atom is 0.337 e. The van der Waals surface area contributed by atoms with Gasteiger partial charge in [0, 0.05) is 9.79 Å². The van der Waals surface area contributed by atoms with Gasteiger partial charge in [-0.15, -0.1) is 0 Å². The Kier molecular flexibility index (Phi) is 4.44. The predicted octanol–water partition coefficient (Wildman–Crippen LogP) is 3.58. The van der Waals surface area contributed by atoms with E-state index in [1.807, 2.05) is 12.1 Å². The van der Waals surface area contributed by atoms with Crippen molar-refractivity contribution in [1.82, 2.24) is 0 Å². The summed E-state index contributed by atoms with van der Waals surface area (Å²) in [5, 5.41) is 0. The second kappa shape index (κ2) is 5.17. The molecular formula is C14H24O2S2. The number of methoxy groups -OCH3 is 1. The molecule has 1 aromatic rings. The molecule has 0 aliphatic rings. The molecule has 0 N–H and O–H groups in total. The van der Waals surface area contributed by atoms with Crippen molar-refractivity contribution < 1.29 is 9.53 Å². The van der Waals surface area contributed by atoms with E-state index in [2.05, 4.69) is 43.6 Å². The SMILES string of the molecule is COC(=O)c1ccc(S(C)(C)C)c(S(C)(C)C)c1. The van der Waals surface area contributed by atoms with E-state index in [-0.39, 0.29) is 5.97 Å². The predicted molar refractivity (Wildman–Crippen MR) is 85.0 cm³/mol. The van der Waals surface area contributed by atoms with E-state index in [0.29, 0.717) is 5.56 Å². The van der Waals surface area contributed by atoms with Gasteiger partial charge in [-0.1, -0.05) is 0 Å². The van der Waals surface area contributed by atoms with Gasteiger partial charge in [0.15, 0.2) is 0 Å². The van der Waals surface area contributed by atoms with E-state index in [4.69, 9.17) is 4.74 Å². The van der Waals surface area contributed by atoms with Crippen molar-refractivity contribution in [1.29, 1.82) is 0 Å². The van der Waals surface area contributed by atoms with Gasteiger partial charge < -0.3 is 4.74 Å². The third-order valence-corrected chi connectivity index (χ3v) is 6.15. The van der Waals surface area contributed by atoms with Crippen molar-refractivity contribution in [2.24, 2.45) is 0 Å². The van der Waals surface area contributed by atoms with Crippen LogP contribution in [0.2, 0.25) is 0 Å². The Morgan fingerprint density at radius 2 is 1.44 bits per heavy atom. The van der Waals surface area contributed by atoms with Crippen LogP contribution in [0.3, 0.4) is 0 Å². The van der Waals surface area contributed by atoms with Crippen LogP contribution in [0, 0.1) is 0 Å². The largest absolute Gasteiger partial charge is 0.465 e. The summed E-state index contributed by atoms with van der Waals surface area (Å²) in [5.41, 5.74) is 0.655. The molecule has 1 aromatic carbocycles. The Hall–Kier alpha value is -0.610. The maximum absolute atomic E-state index is 11.6. The Bertz CT molecular complexity index is 454.